The van der Waals surface area contributed by atoms with Crippen LogP contribution in [0.25, 0.3) is 0 Å². The Morgan fingerprint density at radius 2 is 1.87 bits per heavy atom. The topological polar surface area (TPSA) is 77.2 Å². The Morgan fingerprint density at radius 3 is 2.55 bits per heavy atom. The van der Waals surface area contributed by atoms with Gasteiger partial charge in [-0.25, -0.2) is 0 Å². The Hall–Kier alpha value is -2.72. The molecule has 0 unspecified atom stereocenters. The summed E-state index contributed by atoms with van der Waals surface area (Å²) in [7, 11) is 0. The molecule has 0 aliphatic rings. The van der Waals surface area contributed by atoms with E-state index in [2.05, 4.69) is 15.5 Å². The van der Waals surface area contributed by atoms with Gasteiger partial charge in [-0.3, -0.25) is 4.79 Å². The molecule has 1 aromatic heterocycles. The third-order valence-electron chi connectivity index (χ3n) is 3.90. The predicted molar refractivity (Wildman–Crippen MR) is 110 cm³/mol. The van der Waals surface area contributed by atoms with E-state index in [1.54, 1.807) is 0 Å². The number of carbonyl (C=O) groups is 1. The molecule has 3 aromatic rings. The molecule has 3 rings (SSSR count). The van der Waals surface area contributed by atoms with Crippen LogP contribution in [0.2, 0.25) is 5.02 Å². The number of nitrogens with zero attached hydrogens (tertiary/aromatic N) is 2. The normalized spacial score (nSPS) is 11.4. The van der Waals surface area contributed by atoms with Crippen molar-refractivity contribution < 1.29 is 27.1 Å². The maximum atomic E-state index is 12.8. The van der Waals surface area contributed by atoms with Crippen molar-refractivity contribution in [2.45, 2.75) is 31.9 Å². The molecule has 0 saturated carbocycles. The molecule has 6 nitrogen and oxygen atoms in total. The number of rotatable bonds is 7. The van der Waals surface area contributed by atoms with Gasteiger partial charge in [-0.2, -0.15) is 13.2 Å². The van der Waals surface area contributed by atoms with Crippen LogP contribution in [0.3, 0.4) is 0 Å². The Kier molecular flexibility index (Phi) is 7.11. The summed E-state index contributed by atoms with van der Waals surface area (Å²) in [5.41, 5.74) is 1.08. The second-order valence-corrected chi connectivity index (χ2v) is 7.94. The standard InChI is InChI=1S/C20H17ClF3N3O3S/c1-11-5-12(2)7-14(6-11)29-9-18-26-27-19(30-18)31-10-17(28)25-16-8-13(20(22,23)24)3-4-15(16)21/h3-8H,9-10H2,1-2H3,(H,25,28). The fourth-order valence-electron chi connectivity index (χ4n) is 2.63. The Balaban J connectivity index is 1.53. The van der Waals surface area contributed by atoms with Crippen LogP contribution in [0, 0.1) is 13.8 Å². The summed E-state index contributed by atoms with van der Waals surface area (Å²) >= 11 is 6.81. The van der Waals surface area contributed by atoms with E-state index in [1.807, 2.05) is 32.0 Å². The number of benzene rings is 2. The number of hydrogen-bond donors (Lipinski definition) is 1. The lowest BCUT2D eigenvalue weighted by atomic mass is 10.1. The zero-order valence-electron chi connectivity index (χ0n) is 16.4. The molecule has 2 aromatic carbocycles. The number of halogens is 4. The molecule has 1 heterocycles. The number of amides is 1. The van der Waals surface area contributed by atoms with E-state index in [-0.39, 0.29) is 34.2 Å². The minimum absolute atomic E-state index is 0.00467. The quantitative estimate of drug-likeness (QED) is 0.447. The summed E-state index contributed by atoms with van der Waals surface area (Å²) in [6, 6.07) is 8.47. The maximum absolute atomic E-state index is 12.8. The van der Waals surface area contributed by atoms with E-state index in [1.165, 1.54) is 0 Å². The van der Waals surface area contributed by atoms with Crippen LogP contribution >= 0.6 is 23.4 Å². The number of ether oxygens (including phenoxy) is 1. The summed E-state index contributed by atoms with van der Waals surface area (Å²) in [4.78, 5) is 12.1. The number of thioether (sulfide) groups is 1. The number of aromatic nitrogens is 2. The SMILES string of the molecule is Cc1cc(C)cc(OCc2nnc(SCC(=O)Nc3cc(C(F)(F)F)ccc3Cl)o2)c1. The maximum Gasteiger partial charge on any atom is 0.416 e. The van der Waals surface area contributed by atoms with Gasteiger partial charge in [0.2, 0.25) is 5.91 Å². The monoisotopic (exact) mass is 471 g/mol. The summed E-state index contributed by atoms with van der Waals surface area (Å²) < 4.78 is 49.5. The van der Waals surface area contributed by atoms with E-state index in [0.29, 0.717) is 5.75 Å². The number of anilines is 1. The van der Waals surface area contributed by atoms with Gasteiger partial charge in [-0.1, -0.05) is 29.4 Å². The third kappa shape index (κ3) is 6.63. The van der Waals surface area contributed by atoms with Gasteiger partial charge in [0.25, 0.3) is 11.1 Å². The summed E-state index contributed by atoms with van der Waals surface area (Å²) in [5.74, 6) is 0.161. The minimum Gasteiger partial charge on any atom is -0.484 e. The van der Waals surface area contributed by atoms with E-state index in [9.17, 15) is 18.0 Å². The zero-order chi connectivity index (χ0) is 22.6. The van der Waals surface area contributed by atoms with E-state index in [4.69, 9.17) is 20.8 Å². The molecule has 0 bridgehead atoms. The van der Waals surface area contributed by atoms with Gasteiger partial charge >= 0.3 is 6.18 Å². The number of alkyl halides is 3. The summed E-state index contributed by atoms with van der Waals surface area (Å²) in [6.45, 7) is 3.97. The van der Waals surface area contributed by atoms with Crippen molar-refractivity contribution in [2.75, 3.05) is 11.1 Å². The lowest BCUT2D eigenvalue weighted by Crippen LogP contribution is -2.15. The average Bonchev–Trinajstić information content (AvgIpc) is 3.13. The zero-order valence-corrected chi connectivity index (χ0v) is 18.0. The molecule has 0 saturated heterocycles. The Morgan fingerprint density at radius 1 is 1.16 bits per heavy atom. The largest absolute Gasteiger partial charge is 0.484 e. The lowest BCUT2D eigenvalue weighted by Gasteiger charge is -2.11. The van der Waals surface area contributed by atoms with E-state index < -0.39 is 17.6 Å². The van der Waals surface area contributed by atoms with Gasteiger partial charge in [-0.15, -0.1) is 10.2 Å². The van der Waals surface area contributed by atoms with Crippen LogP contribution in [0.4, 0.5) is 18.9 Å². The molecule has 31 heavy (non-hydrogen) atoms. The van der Waals surface area contributed by atoms with Crippen LogP contribution in [-0.4, -0.2) is 21.9 Å². The number of carbonyl (C=O) groups excluding carboxylic acids is 1. The van der Waals surface area contributed by atoms with Crippen LogP contribution in [0.15, 0.2) is 46.0 Å². The molecule has 1 N–H and O–H groups in total. The predicted octanol–water partition coefficient (Wildman–Crippen LogP) is 5.67. The molecule has 0 spiro atoms. The molecule has 0 fully saturated rings. The molecule has 0 aliphatic carbocycles. The first-order valence-electron chi connectivity index (χ1n) is 8.93. The van der Waals surface area contributed by atoms with Crippen LogP contribution < -0.4 is 10.1 Å². The minimum atomic E-state index is -4.54. The second-order valence-electron chi connectivity index (χ2n) is 6.60. The van der Waals surface area contributed by atoms with Gasteiger partial charge in [-0.05, 0) is 55.3 Å². The van der Waals surface area contributed by atoms with Crippen molar-refractivity contribution in [3.8, 4) is 5.75 Å². The molecule has 164 valence electrons. The van der Waals surface area contributed by atoms with Crippen molar-refractivity contribution in [3.05, 3.63) is 64.0 Å². The van der Waals surface area contributed by atoms with Gasteiger partial charge in [0.05, 0.1) is 22.0 Å². The van der Waals surface area contributed by atoms with Crippen molar-refractivity contribution in [2.24, 2.45) is 0 Å². The Bertz CT molecular complexity index is 1070. The first-order valence-corrected chi connectivity index (χ1v) is 10.3. The highest BCUT2D eigenvalue weighted by Crippen LogP contribution is 2.34. The second kappa shape index (κ2) is 9.61. The molecular weight excluding hydrogens is 455 g/mol. The first kappa shape index (κ1) is 23.0. The lowest BCUT2D eigenvalue weighted by molar-refractivity contribution is -0.137. The van der Waals surface area contributed by atoms with Gasteiger partial charge < -0.3 is 14.5 Å². The molecule has 0 aliphatic heterocycles. The van der Waals surface area contributed by atoms with Gasteiger partial charge in [0.1, 0.15) is 5.75 Å². The molecular formula is C20H17ClF3N3O3S. The van der Waals surface area contributed by atoms with Crippen molar-refractivity contribution in [1.82, 2.24) is 10.2 Å². The van der Waals surface area contributed by atoms with Crippen molar-refractivity contribution in [3.63, 3.8) is 0 Å². The third-order valence-corrected chi connectivity index (χ3v) is 5.05. The molecule has 11 heteroatoms. The summed E-state index contributed by atoms with van der Waals surface area (Å²) in [6.07, 6.45) is -4.54. The smallest absolute Gasteiger partial charge is 0.416 e. The van der Waals surface area contributed by atoms with Crippen molar-refractivity contribution in [1.29, 1.82) is 0 Å². The number of hydrogen-bond acceptors (Lipinski definition) is 6. The molecule has 1 amide bonds. The van der Waals surface area contributed by atoms with Crippen LogP contribution in [-0.2, 0) is 17.6 Å². The first-order chi connectivity index (χ1) is 14.6. The highest BCUT2D eigenvalue weighted by Gasteiger charge is 2.31. The van der Waals surface area contributed by atoms with E-state index in [0.717, 1.165) is 41.1 Å². The molecule has 0 atom stereocenters. The average molecular weight is 472 g/mol. The van der Waals surface area contributed by atoms with Crippen molar-refractivity contribution >= 4 is 35.0 Å². The van der Waals surface area contributed by atoms with Crippen LogP contribution in [0.1, 0.15) is 22.6 Å². The molecule has 0 radical (unpaired) electrons. The fraction of sp³-hybridized carbons (Fsp3) is 0.250. The summed E-state index contributed by atoms with van der Waals surface area (Å²) in [5, 5.41) is 10.1. The highest BCUT2D eigenvalue weighted by molar-refractivity contribution is 7.99. The Labute approximate surface area is 185 Å². The van der Waals surface area contributed by atoms with Crippen LogP contribution in [0.5, 0.6) is 5.75 Å². The van der Waals surface area contributed by atoms with Gasteiger partial charge in [0, 0.05) is 0 Å². The van der Waals surface area contributed by atoms with Gasteiger partial charge in [0.15, 0.2) is 6.61 Å². The number of nitrogens with one attached hydrogen (secondary N) is 1. The van der Waals surface area contributed by atoms with E-state index >= 15 is 0 Å². The fourth-order valence-corrected chi connectivity index (χ4v) is 3.37. The highest BCUT2D eigenvalue weighted by atomic mass is 35.5. The number of aryl methyl sites for hydroxylation is 2.